The number of aryl methyl sites for hydroxylation is 1. The van der Waals surface area contributed by atoms with Crippen molar-refractivity contribution in [2.24, 2.45) is 0 Å². The number of nitrogens with one attached hydrogen (secondary N) is 1. The number of nitro groups is 1. The Morgan fingerprint density at radius 1 is 1.41 bits per heavy atom. The SMILES string of the molecule is CCc1nc(Cl)c([N+](=O)[O-])c(NC(C)(C)C)n1. The van der Waals surface area contributed by atoms with Gasteiger partial charge in [0.2, 0.25) is 11.0 Å². The van der Waals surface area contributed by atoms with Crippen molar-refractivity contribution in [3.05, 3.63) is 21.1 Å². The summed E-state index contributed by atoms with van der Waals surface area (Å²) in [4.78, 5) is 18.3. The first-order valence-electron chi connectivity index (χ1n) is 5.23. The lowest BCUT2D eigenvalue weighted by Crippen LogP contribution is -2.27. The molecule has 0 aliphatic rings. The summed E-state index contributed by atoms with van der Waals surface area (Å²) in [6.45, 7) is 7.52. The molecule has 1 heterocycles. The predicted octanol–water partition coefficient (Wildman–Crippen LogP) is 2.81. The van der Waals surface area contributed by atoms with Gasteiger partial charge in [-0.1, -0.05) is 18.5 Å². The minimum absolute atomic E-state index is 0.131. The quantitative estimate of drug-likeness (QED) is 0.512. The molecule has 1 aromatic heterocycles. The van der Waals surface area contributed by atoms with Crippen molar-refractivity contribution in [3.8, 4) is 0 Å². The highest BCUT2D eigenvalue weighted by Gasteiger charge is 2.26. The Labute approximate surface area is 105 Å². The first kappa shape index (κ1) is 13.6. The van der Waals surface area contributed by atoms with Crippen molar-refractivity contribution in [1.82, 2.24) is 9.97 Å². The zero-order chi connectivity index (χ0) is 13.2. The van der Waals surface area contributed by atoms with Crippen LogP contribution in [-0.2, 0) is 6.42 Å². The van der Waals surface area contributed by atoms with Crippen molar-refractivity contribution < 1.29 is 4.92 Å². The van der Waals surface area contributed by atoms with Crippen molar-refractivity contribution in [2.75, 3.05) is 5.32 Å². The molecule has 0 bridgehead atoms. The smallest absolute Gasteiger partial charge is 0.348 e. The zero-order valence-electron chi connectivity index (χ0n) is 10.2. The van der Waals surface area contributed by atoms with Gasteiger partial charge in [0.05, 0.1) is 4.92 Å². The molecule has 6 nitrogen and oxygen atoms in total. The van der Waals surface area contributed by atoms with Gasteiger partial charge in [-0.3, -0.25) is 10.1 Å². The third-order valence-corrected chi connectivity index (χ3v) is 2.14. The van der Waals surface area contributed by atoms with Gasteiger partial charge >= 0.3 is 5.69 Å². The summed E-state index contributed by atoms with van der Waals surface area (Å²) in [5.74, 6) is 0.645. The van der Waals surface area contributed by atoms with Crippen molar-refractivity contribution in [3.63, 3.8) is 0 Å². The van der Waals surface area contributed by atoms with E-state index in [9.17, 15) is 10.1 Å². The fourth-order valence-corrected chi connectivity index (χ4v) is 1.49. The van der Waals surface area contributed by atoms with Gasteiger partial charge in [0, 0.05) is 12.0 Å². The predicted molar refractivity (Wildman–Crippen MR) is 66.5 cm³/mol. The molecule has 1 rings (SSSR count). The lowest BCUT2D eigenvalue weighted by molar-refractivity contribution is -0.384. The molecule has 0 spiro atoms. The van der Waals surface area contributed by atoms with Crippen LogP contribution in [-0.4, -0.2) is 20.4 Å². The Morgan fingerprint density at radius 3 is 2.41 bits per heavy atom. The molecular formula is C10H15ClN4O2. The Balaban J connectivity index is 3.32. The molecular weight excluding hydrogens is 244 g/mol. The standard InChI is InChI=1S/C10H15ClN4O2/c1-5-6-12-8(11)7(15(16)17)9(13-6)14-10(2,3)4/h5H2,1-4H3,(H,12,13,14). The lowest BCUT2D eigenvalue weighted by atomic mass is 10.1. The van der Waals surface area contributed by atoms with E-state index in [4.69, 9.17) is 11.6 Å². The van der Waals surface area contributed by atoms with Gasteiger partial charge in [0.15, 0.2) is 0 Å². The molecule has 0 aliphatic heterocycles. The van der Waals surface area contributed by atoms with E-state index in [-0.39, 0.29) is 22.2 Å². The molecule has 7 heteroatoms. The molecule has 1 aromatic rings. The molecule has 94 valence electrons. The fourth-order valence-electron chi connectivity index (χ4n) is 1.23. The maximum absolute atomic E-state index is 10.9. The molecule has 17 heavy (non-hydrogen) atoms. The average Bonchev–Trinajstić information content (AvgIpc) is 2.13. The van der Waals surface area contributed by atoms with E-state index in [1.165, 1.54) is 0 Å². The summed E-state index contributed by atoms with van der Waals surface area (Å²) >= 11 is 5.80. The van der Waals surface area contributed by atoms with Crippen molar-refractivity contribution in [2.45, 2.75) is 39.7 Å². The van der Waals surface area contributed by atoms with Gasteiger partial charge in [0.1, 0.15) is 5.82 Å². The molecule has 0 atom stereocenters. The summed E-state index contributed by atoms with van der Waals surface area (Å²) < 4.78 is 0. The second-order valence-corrected chi connectivity index (χ2v) is 4.97. The van der Waals surface area contributed by atoms with E-state index in [0.717, 1.165) is 0 Å². The first-order valence-corrected chi connectivity index (χ1v) is 5.61. The zero-order valence-corrected chi connectivity index (χ0v) is 11.0. The molecule has 0 unspecified atom stereocenters. The van der Waals surface area contributed by atoms with Gasteiger partial charge in [-0.2, -0.15) is 0 Å². The second-order valence-electron chi connectivity index (χ2n) is 4.61. The van der Waals surface area contributed by atoms with Gasteiger partial charge in [-0.15, -0.1) is 0 Å². The minimum atomic E-state index is -0.574. The Hall–Kier alpha value is -1.43. The van der Waals surface area contributed by atoms with Gasteiger partial charge in [-0.05, 0) is 20.8 Å². The highest BCUT2D eigenvalue weighted by atomic mass is 35.5. The van der Waals surface area contributed by atoms with E-state index in [2.05, 4.69) is 15.3 Å². The number of halogens is 1. The summed E-state index contributed by atoms with van der Waals surface area (Å²) in [5, 5.41) is 13.8. The molecule has 0 saturated carbocycles. The van der Waals surface area contributed by atoms with Crippen LogP contribution in [0, 0.1) is 10.1 Å². The highest BCUT2D eigenvalue weighted by Crippen LogP contribution is 2.31. The van der Waals surface area contributed by atoms with Crippen LogP contribution in [0.5, 0.6) is 0 Å². The van der Waals surface area contributed by atoms with Gasteiger partial charge in [0.25, 0.3) is 0 Å². The van der Waals surface area contributed by atoms with Crippen LogP contribution in [0.1, 0.15) is 33.5 Å². The summed E-state index contributed by atoms with van der Waals surface area (Å²) in [6, 6.07) is 0. The Bertz CT molecular complexity index is 443. The van der Waals surface area contributed by atoms with Crippen LogP contribution in [0.4, 0.5) is 11.5 Å². The highest BCUT2D eigenvalue weighted by molar-refractivity contribution is 6.31. The number of hydrogen-bond donors (Lipinski definition) is 1. The first-order chi connectivity index (χ1) is 7.74. The third kappa shape index (κ3) is 3.52. The molecule has 0 radical (unpaired) electrons. The largest absolute Gasteiger partial charge is 0.360 e. The summed E-state index contributed by atoms with van der Waals surface area (Å²) in [7, 11) is 0. The van der Waals surface area contributed by atoms with Crippen LogP contribution >= 0.6 is 11.6 Å². The normalized spacial score (nSPS) is 11.4. The van der Waals surface area contributed by atoms with Crippen LogP contribution in [0.15, 0.2) is 0 Å². The van der Waals surface area contributed by atoms with E-state index >= 15 is 0 Å². The van der Waals surface area contributed by atoms with Crippen LogP contribution in [0.2, 0.25) is 5.15 Å². The number of aromatic nitrogens is 2. The summed E-state index contributed by atoms with van der Waals surface area (Å²) in [5.41, 5.74) is -0.619. The van der Waals surface area contributed by atoms with Gasteiger partial charge < -0.3 is 5.32 Å². The monoisotopic (exact) mass is 258 g/mol. The third-order valence-electron chi connectivity index (χ3n) is 1.88. The summed E-state index contributed by atoms with van der Waals surface area (Å²) in [6.07, 6.45) is 0.566. The minimum Gasteiger partial charge on any atom is -0.360 e. The van der Waals surface area contributed by atoms with Crippen molar-refractivity contribution in [1.29, 1.82) is 0 Å². The molecule has 0 aliphatic carbocycles. The maximum Gasteiger partial charge on any atom is 0.348 e. The Kier molecular flexibility index (Phi) is 3.87. The van der Waals surface area contributed by atoms with Crippen LogP contribution in [0.25, 0.3) is 0 Å². The van der Waals surface area contributed by atoms with E-state index < -0.39 is 4.92 Å². The molecule has 0 saturated heterocycles. The van der Waals surface area contributed by atoms with Crippen LogP contribution < -0.4 is 5.32 Å². The number of anilines is 1. The maximum atomic E-state index is 10.9. The molecule has 0 amide bonds. The van der Waals surface area contributed by atoms with Gasteiger partial charge in [-0.25, -0.2) is 9.97 Å². The fraction of sp³-hybridized carbons (Fsp3) is 0.600. The van der Waals surface area contributed by atoms with E-state index in [1.54, 1.807) is 0 Å². The molecule has 0 fully saturated rings. The number of hydrogen-bond acceptors (Lipinski definition) is 5. The van der Waals surface area contributed by atoms with Crippen LogP contribution in [0.3, 0.4) is 0 Å². The lowest BCUT2D eigenvalue weighted by Gasteiger charge is -2.21. The second kappa shape index (κ2) is 4.83. The molecule has 0 aromatic carbocycles. The number of nitrogens with zero attached hydrogens (tertiary/aromatic N) is 3. The Morgan fingerprint density at radius 2 is 2.00 bits per heavy atom. The van der Waals surface area contributed by atoms with E-state index in [1.807, 2.05) is 27.7 Å². The number of rotatable bonds is 3. The average molecular weight is 259 g/mol. The van der Waals surface area contributed by atoms with Crippen molar-refractivity contribution >= 4 is 23.1 Å². The van der Waals surface area contributed by atoms with E-state index in [0.29, 0.717) is 12.2 Å². The molecule has 1 N–H and O–H groups in total. The topological polar surface area (TPSA) is 81.0 Å².